The quantitative estimate of drug-likeness (QED) is 0.174. The van der Waals surface area contributed by atoms with E-state index >= 15 is 0 Å². The van der Waals surface area contributed by atoms with Crippen molar-refractivity contribution in [3.63, 3.8) is 0 Å². The van der Waals surface area contributed by atoms with Crippen LogP contribution in [0.5, 0.6) is 0 Å². The summed E-state index contributed by atoms with van der Waals surface area (Å²) in [5.74, 6) is -4.37. The van der Waals surface area contributed by atoms with E-state index in [9.17, 15) is 35.5 Å². The number of aromatic nitrogens is 1. The summed E-state index contributed by atoms with van der Waals surface area (Å²) >= 11 is 0. The van der Waals surface area contributed by atoms with Crippen molar-refractivity contribution in [1.29, 1.82) is 0 Å². The van der Waals surface area contributed by atoms with Gasteiger partial charge in [0.25, 0.3) is 0 Å². The van der Waals surface area contributed by atoms with Crippen molar-refractivity contribution < 1.29 is 55.3 Å². The first-order chi connectivity index (χ1) is 25.4. The number of hydrogen-bond acceptors (Lipinski definition) is 7. The molecule has 3 aromatic rings. The summed E-state index contributed by atoms with van der Waals surface area (Å²) in [6, 6.07) is 21.5. The predicted molar refractivity (Wildman–Crippen MR) is 182 cm³/mol. The number of nitrogens with zero attached hydrogens (tertiary/aromatic N) is 3. The van der Waals surface area contributed by atoms with Gasteiger partial charge >= 0.3 is 24.4 Å². The van der Waals surface area contributed by atoms with Crippen LogP contribution in [0, 0.1) is 5.82 Å². The summed E-state index contributed by atoms with van der Waals surface area (Å²) in [7, 11) is 0. The first-order valence-corrected chi connectivity index (χ1v) is 17.0. The van der Waals surface area contributed by atoms with Crippen molar-refractivity contribution in [2.45, 2.75) is 82.0 Å². The van der Waals surface area contributed by atoms with Crippen LogP contribution >= 0.6 is 0 Å². The molecule has 54 heavy (non-hydrogen) atoms. The van der Waals surface area contributed by atoms with Gasteiger partial charge in [-0.3, -0.25) is 14.8 Å². The fourth-order valence-electron chi connectivity index (χ4n) is 6.53. The molecule has 2 aliphatic heterocycles. The first-order valence-electron chi connectivity index (χ1n) is 17.0. The van der Waals surface area contributed by atoms with Crippen LogP contribution in [0.2, 0.25) is 0 Å². The molecule has 0 radical (unpaired) electrons. The van der Waals surface area contributed by atoms with Gasteiger partial charge in [-0.05, 0) is 42.7 Å². The highest BCUT2D eigenvalue weighted by atomic mass is 19.4. The Balaban J connectivity index is 0.000000396. The molecule has 0 unspecified atom stereocenters. The van der Waals surface area contributed by atoms with Gasteiger partial charge in [-0.15, -0.1) is 0 Å². The average molecular weight is 769 g/mol. The number of pyridine rings is 1. The number of carboxylic acids is 2. The minimum atomic E-state index is -5.19. The maximum absolute atomic E-state index is 14.5. The lowest BCUT2D eigenvalue weighted by Crippen LogP contribution is -2.63. The molecule has 2 saturated heterocycles. The molecular weight excluding hydrogens is 729 g/mol. The highest BCUT2D eigenvalue weighted by molar-refractivity contribution is 6.10. The molecular formula is C36H39F7N6O5. The number of carbonyl (C=O) groups excluding carboxylic acids is 2. The number of nitrogens with one attached hydrogen (secondary N) is 3. The number of rotatable bonds is 7. The van der Waals surface area contributed by atoms with E-state index in [4.69, 9.17) is 24.8 Å². The molecule has 3 heterocycles. The molecule has 6 rings (SSSR count). The van der Waals surface area contributed by atoms with Crippen LogP contribution < -0.4 is 25.5 Å². The van der Waals surface area contributed by atoms with Crippen molar-refractivity contribution in [1.82, 2.24) is 20.1 Å². The molecule has 3 fully saturated rings. The molecule has 11 nitrogen and oxygen atoms in total. The molecule has 1 aliphatic carbocycles. The Hall–Kier alpha value is -5.26. The van der Waals surface area contributed by atoms with Gasteiger partial charge in [0, 0.05) is 37.2 Å². The van der Waals surface area contributed by atoms with E-state index in [2.05, 4.69) is 39.1 Å². The van der Waals surface area contributed by atoms with E-state index in [1.165, 1.54) is 30.9 Å². The average Bonchev–Trinajstić information content (AvgIpc) is 3.43. The molecule has 0 atom stereocenters. The number of benzene rings is 2. The van der Waals surface area contributed by atoms with E-state index in [1.807, 2.05) is 36.5 Å². The van der Waals surface area contributed by atoms with Gasteiger partial charge in [0.1, 0.15) is 41.2 Å². The lowest BCUT2D eigenvalue weighted by atomic mass is 9.84. The largest absolute Gasteiger partial charge is 0.542 e. The van der Waals surface area contributed by atoms with Crippen LogP contribution in [0.3, 0.4) is 0 Å². The zero-order chi connectivity index (χ0) is 39.6. The Bertz CT molecular complexity index is 1730. The molecule has 2 aromatic carbocycles. The van der Waals surface area contributed by atoms with E-state index in [0.29, 0.717) is 17.6 Å². The normalized spacial score (nSPS) is 22.2. The van der Waals surface area contributed by atoms with Crippen LogP contribution in [-0.4, -0.2) is 70.9 Å². The summed E-state index contributed by atoms with van der Waals surface area (Å²) < 4.78 is 78.3. The third-order valence-corrected chi connectivity index (χ3v) is 9.31. The summed E-state index contributed by atoms with van der Waals surface area (Å²) in [6.45, 7) is 2.91. The smallest absolute Gasteiger partial charge is 0.490 e. The minimum absolute atomic E-state index is 0.164. The number of urea groups is 1. The topological polar surface area (TPSA) is 156 Å². The van der Waals surface area contributed by atoms with Crippen LogP contribution in [0.25, 0.3) is 0 Å². The molecule has 4 N–H and O–H groups in total. The molecule has 2 amide bonds. The highest BCUT2D eigenvalue weighted by Gasteiger charge is 2.51. The van der Waals surface area contributed by atoms with Crippen molar-refractivity contribution in [3.8, 4) is 0 Å². The standard InChI is InChI=1S/C32H37FN6O.2C2HF3O2/c33-26-10-7-13-28(20-26)39(23-25-14-15-29(35-22-25)34-21-24-8-3-1-4-9-24)18-16-32(17-19-39)30(37-31(40)38-32)36-27-11-5-2-6-12-27;2*3-2(4,5)1(6)7/h1,3-4,7-10,13-15,20,22,27H,2,5-6,11-12,16-19,21,23H2,(H2-,34,35,36,37,38,40);2*(H,6,7). The Morgan fingerprint density at radius 2 is 1.56 bits per heavy atom. The molecule has 0 bridgehead atoms. The first kappa shape index (κ1) is 41.5. The van der Waals surface area contributed by atoms with Gasteiger partial charge in [0.2, 0.25) is 0 Å². The van der Waals surface area contributed by atoms with Gasteiger partial charge in [-0.1, -0.05) is 55.7 Å². The van der Waals surface area contributed by atoms with Crippen molar-refractivity contribution in [2.75, 3.05) is 18.4 Å². The van der Waals surface area contributed by atoms with E-state index in [-0.39, 0.29) is 17.9 Å². The van der Waals surface area contributed by atoms with Crippen molar-refractivity contribution in [3.05, 3.63) is 89.9 Å². The molecule has 1 saturated carbocycles. The number of anilines is 1. The number of quaternary nitrogens is 1. The minimum Gasteiger partial charge on any atom is -0.542 e. The fourth-order valence-corrected chi connectivity index (χ4v) is 6.53. The van der Waals surface area contributed by atoms with Gasteiger partial charge in [0.05, 0.1) is 19.1 Å². The number of carbonyl (C=O) groups is 3. The van der Waals surface area contributed by atoms with Gasteiger partial charge < -0.3 is 25.6 Å². The number of piperidine rings is 1. The number of aliphatic carboxylic acids is 2. The molecule has 3 aliphatic rings. The number of aliphatic imine (C=N–C) groups is 1. The third-order valence-electron chi connectivity index (χ3n) is 9.31. The van der Waals surface area contributed by atoms with E-state index < -0.39 is 29.8 Å². The number of carboxylic acid groups (broad SMARTS) is 2. The summed E-state index contributed by atoms with van der Waals surface area (Å²) in [5.41, 5.74) is 2.76. The number of halogens is 7. The van der Waals surface area contributed by atoms with Crippen molar-refractivity contribution >= 4 is 35.3 Å². The Morgan fingerprint density at radius 1 is 0.926 bits per heavy atom. The molecule has 1 spiro atoms. The number of amides is 2. The van der Waals surface area contributed by atoms with Crippen LogP contribution in [0.1, 0.15) is 56.1 Å². The van der Waals surface area contributed by atoms with E-state index in [1.54, 1.807) is 12.1 Å². The Morgan fingerprint density at radius 3 is 2.09 bits per heavy atom. The monoisotopic (exact) mass is 768 g/mol. The summed E-state index contributed by atoms with van der Waals surface area (Å²) in [6.07, 6.45) is -1.05. The second-order valence-corrected chi connectivity index (χ2v) is 13.1. The molecule has 292 valence electrons. The van der Waals surface area contributed by atoms with Crippen LogP contribution in [0.4, 0.5) is 47.0 Å². The number of likely N-dealkylation sites (tertiary alicyclic amines) is 1. The zero-order valence-electron chi connectivity index (χ0n) is 28.9. The number of amidine groups is 1. The fraction of sp³-hybridized carbons (Fsp3) is 0.417. The summed E-state index contributed by atoms with van der Waals surface area (Å²) in [4.78, 5) is 40.0. The predicted octanol–water partition coefficient (Wildman–Crippen LogP) is 5.85. The maximum atomic E-state index is 14.5. The lowest BCUT2D eigenvalue weighted by molar-refractivity contribution is -0.344. The summed E-state index contributed by atoms with van der Waals surface area (Å²) in [5, 5.41) is 25.6. The third kappa shape index (κ3) is 11.6. The molecule has 1 aromatic heterocycles. The number of alkyl halides is 6. The Labute approximate surface area is 305 Å². The second-order valence-electron chi connectivity index (χ2n) is 13.1. The second kappa shape index (κ2) is 17.7. The van der Waals surface area contributed by atoms with Crippen LogP contribution in [0.15, 0.2) is 77.9 Å². The number of hydrogen-bond donors (Lipinski definition) is 4. The molecule has 18 heteroatoms. The van der Waals surface area contributed by atoms with Gasteiger partial charge in [-0.2, -0.15) is 26.3 Å². The highest BCUT2D eigenvalue weighted by Crippen LogP contribution is 2.37. The lowest BCUT2D eigenvalue weighted by Gasteiger charge is -2.46. The maximum Gasteiger partial charge on any atom is 0.490 e. The zero-order valence-corrected chi connectivity index (χ0v) is 28.9. The van der Waals surface area contributed by atoms with Crippen molar-refractivity contribution in [2.24, 2.45) is 4.99 Å². The van der Waals surface area contributed by atoms with Gasteiger partial charge in [-0.25, -0.2) is 19.0 Å². The Kier molecular flexibility index (Phi) is 13.6. The van der Waals surface area contributed by atoms with Gasteiger partial charge in [0.15, 0.2) is 0 Å². The van der Waals surface area contributed by atoms with E-state index in [0.717, 1.165) is 61.7 Å². The van der Waals surface area contributed by atoms with Crippen LogP contribution in [-0.2, 0) is 22.7 Å². The SMILES string of the molecule is O=C(O)C(F)(F)F.O=C([O-])C(F)(F)F.O=C1NC(=NC2CCCCC2)C2(CC[N+](Cc3ccc(NCc4ccccc4)nc3)(c3cccc(F)c3)CC2)N1.